The minimum atomic E-state index is -0.744. The number of esters is 1. The van der Waals surface area contributed by atoms with Gasteiger partial charge in [-0.2, -0.15) is 0 Å². The van der Waals surface area contributed by atoms with Crippen molar-refractivity contribution >= 4 is 11.9 Å². The first kappa shape index (κ1) is 14.3. The van der Waals surface area contributed by atoms with Crippen LogP contribution in [-0.2, 0) is 14.3 Å². The maximum Gasteiger partial charge on any atom is 0.324 e. The largest absolute Gasteiger partial charge is 0.481 e. The zero-order chi connectivity index (χ0) is 14.3. The van der Waals surface area contributed by atoms with Gasteiger partial charge in [-0.3, -0.25) is 9.59 Å². The highest BCUT2D eigenvalue weighted by molar-refractivity contribution is 5.78. The number of ether oxygens (including phenoxy) is 1. The summed E-state index contributed by atoms with van der Waals surface area (Å²) in [5.74, 6) is -1.30. The lowest BCUT2D eigenvalue weighted by Gasteiger charge is -2.31. The molecule has 1 aliphatic heterocycles. The fraction of sp³-hybridized carbons (Fsp3) is 0.857. The number of carbonyl (C=O) groups excluding carboxylic acids is 1. The molecule has 5 nitrogen and oxygen atoms in total. The molecule has 0 amide bonds. The molecule has 5 heteroatoms. The molecule has 3 atom stereocenters. The van der Waals surface area contributed by atoms with E-state index in [2.05, 4.69) is 5.32 Å². The van der Waals surface area contributed by atoms with Crippen LogP contribution in [-0.4, -0.2) is 35.2 Å². The van der Waals surface area contributed by atoms with Gasteiger partial charge in [0, 0.05) is 0 Å². The van der Waals surface area contributed by atoms with Gasteiger partial charge < -0.3 is 15.2 Å². The summed E-state index contributed by atoms with van der Waals surface area (Å²) in [7, 11) is 0. The van der Waals surface area contributed by atoms with E-state index in [9.17, 15) is 9.59 Å². The van der Waals surface area contributed by atoms with Crippen LogP contribution in [0.4, 0.5) is 0 Å². The normalized spacial score (nSPS) is 34.7. The van der Waals surface area contributed by atoms with Gasteiger partial charge in [-0.15, -0.1) is 0 Å². The highest BCUT2D eigenvalue weighted by atomic mass is 16.6. The second kappa shape index (κ2) is 4.78. The number of nitrogens with one attached hydrogen (secondary N) is 1. The number of carboxylic acid groups (broad SMARTS) is 1. The number of aliphatic carboxylic acids is 1. The van der Waals surface area contributed by atoms with Crippen molar-refractivity contribution in [1.82, 2.24) is 5.32 Å². The molecule has 3 unspecified atom stereocenters. The van der Waals surface area contributed by atoms with Crippen molar-refractivity contribution in [3.8, 4) is 0 Å². The average molecular weight is 269 g/mol. The first-order valence-electron chi connectivity index (χ1n) is 6.93. The minimum Gasteiger partial charge on any atom is -0.481 e. The Morgan fingerprint density at radius 1 is 1.32 bits per heavy atom. The molecule has 0 aromatic carbocycles. The van der Waals surface area contributed by atoms with Crippen molar-refractivity contribution in [2.24, 2.45) is 11.3 Å². The molecule has 0 bridgehead atoms. The van der Waals surface area contributed by atoms with Gasteiger partial charge in [0.05, 0.1) is 5.92 Å². The summed E-state index contributed by atoms with van der Waals surface area (Å²) in [5.41, 5.74) is -0.723. The summed E-state index contributed by atoms with van der Waals surface area (Å²) in [5, 5.41) is 12.3. The maximum absolute atomic E-state index is 12.3. The van der Waals surface area contributed by atoms with E-state index >= 15 is 0 Å². The van der Waals surface area contributed by atoms with Gasteiger partial charge in [0.25, 0.3) is 0 Å². The first-order chi connectivity index (χ1) is 8.73. The zero-order valence-electron chi connectivity index (χ0n) is 11.9. The molecular weight excluding hydrogens is 246 g/mol. The molecule has 0 radical (unpaired) electrons. The molecular formula is C14H23NO4. The van der Waals surface area contributed by atoms with E-state index in [1.165, 1.54) is 0 Å². The molecule has 2 fully saturated rings. The van der Waals surface area contributed by atoms with E-state index in [4.69, 9.17) is 9.84 Å². The predicted octanol–water partition coefficient (Wildman–Crippen LogP) is 1.56. The second-order valence-corrected chi connectivity index (χ2v) is 6.81. The fourth-order valence-corrected chi connectivity index (χ4v) is 3.38. The van der Waals surface area contributed by atoms with E-state index in [0.717, 1.165) is 19.4 Å². The molecule has 19 heavy (non-hydrogen) atoms. The van der Waals surface area contributed by atoms with Crippen molar-refractivity contribution in [2.45, 2.75) is 58.1 Å². The lowest BCUT2D eigenvalue weighted by atomic mass is 9.78. The first-order valence-corrected chi connectivity index (χ1v) is 6.93. The molecule has 1 saturated carbocycles. The van der Waals surface area contributed by atoms with Crippen LogP contribution in [0.25, 0.3) is 0 Å². The van der Waals surface area contributed by atoms with Gasteiger partial charge >= 0.3 is 11.9 Å². The maximum atomic E-state index is 12.3. The highest BCUT2D eigenvalue weighted by Crippen LogP contribution is 2.49. The number of hydrogen-bond donors (Lipinski definition) is 2. The van der Waals surface area contributed by atoms with Crippen molar-refractivity contribution in [3.63, 3.8) is 0 Å². The molecule has 0 aromatic heterocycles. The molecule has 1 spiro atoms. The smallest absolute Gasteiger partial charge is 0.324 e. The predicted molar refractivity (Wildman–Crippen MR) is 69.7 cm³/mol. The summed E-state index contributed by atoms with van der Waals surface area (Å²) >= 11 is 0. The summed E-state index contributed by atoms with van der Waals surface area (Å²) in [4.78, 5) is 23.4. The van der Waals surface area contributed by atoms with E-state index in [1.54, 1.807) is 0 Å². The molecule has 2 N–H and O–H groups in total. The topological polar surface area (TPSA) is 75.6 Å². The Bertz CT molecular complexity index is 387. The molecule has 1 aliphatic carbocycles. The van der Waals surface area contributed by atoms with Crippen molar-refractivity contribution < 1.29 is 19.4 Å². The summed E-state index contributed by atoms with van der Waals surface area (Å²) in [6, 6.07) is -0.351. The van der Waals surface area contributed by atoms with E-state index < -0.39 is 11.6 Å². The van der Waals surface area contributed by atoms with Crippen molar-refractivity contribution in [2.75, 3.05) is 6.54 Å². The zero-order valence-corrected chi connectivity index (χ0v) is 11.9. The standard InChI is InChI=1S/C14H23NO4/c1-13(2,3)19-12(18)10-14(6-7-15-10)5-4-9(8-14)11(16)17/h9-10,15H,4-8H2,1-3H3,(H,16,17). The van der Waals surface area contributed by atoms with Gasteiger partial charge in [0.2, 0.25) is 0 Å². The average Bonchev–Trinajstić information content (AvgIpc) is 2.84. The van der Waals surface area contributed by atoms with Crippen LogP contribution in [0.1, 0.15) is 46.5 Å². The Morgan fingerprint density at radius 2 is 2.00 bits per heavy atom. The summed E-state index contributed by atoms with van der Waals surface area (Å²) in [6.07, 6.45) is 2.90. The van der Waals surface area contributed by atoms with Crippen LogP contribution in [0.3, 0.4) is 0 Å². The second-order valence-electron chi connectivity index (χ2n) is 6.81. The molecule has 0 aromatic rings. The minimum absolute atomic E-state index is 0.217. The third kappa shape index (κ3) is 2.91. The Morgan fingerprint density at radius 3 is 2.53 bits per heavy atom. The van der Waals surface area contributed by atoms with Crippen LogP contribution in [0.2, 0.25) is 0 Å². The lowest BCUT2D eigenvalue weighted by molar-refractivity contribution is -0.160. The quantitative estimate of drug-likeness (QED) is 0.744. The van der Waals surface area contributed by atoms with Crippen molar-refractivity contribution in [3.05, 3.63) is 0 Å². The fourth-order valence-electron chi connectivity index (χ4n) is 3.38. The van der Waals surface area contributed by atoms with Gasteiger partial charge in [0.1, 0.15) is 11.6 Å². The van der Waals surface area contributed by atoms with E-state index in [1.807, 2.05) is 20.8 Å². The molecule has 2 rings (SSSR count). The van der Waals surface area contributed by atoms with Crippen LogP contribution in [0, 0.1) is 11.3 Å². The third-order valence-corrected chi connectivity index (χ3v) is 4.22. The van der Waals surface area contributed by atoms with Gasteiger partial charge in [0.15, 0.2) is 0 Å². The van der Waals surface area contributed by atoms with Gasteiger partial charge in [-0.1, -0.05) is 0 Å². The SMILES string of the molecule is CC(C)(C)OC(=O)C1NCCC12CCC(C(=O)O)C2. The Kier molecular flexibility index (Phi) is 3.60. The van der Waals surface area contributed by atoms with Crippen molar-refractivity contribution in [1.29, 1.82) is 0 Å². The molecule has 1 saturated heterocycles. The summed E-state index contributed by atoms with van der Waals surface area (Å²) < 4.78 is 5.46. The van der Waals surface area contributed by atoms with Gasteiger partial charge in [-0.05, 0) is 58.4 Å². The highest BCUT2D eigenvalue weighted by Gasteiger charge is 2.53. The molecule has 108 valence electrons. The Hall–Kier alpha value is -1.10. The van der Waals surface area contributed by atoms with Crippen LogP contribution >= 0.6 is 0 Å². The number of hydrogen-bond acceptors (Lipinski definition) is 4. The van der Waals surface area contributed by atoms with Crippen LogP contribution < -0.4 is 5.32 Å². The number of rotatable bonds is 2. The number of carbonyl (C=O) groups is 2. The van der Waals surface area contributed by atoms with E-state index in [-0.39, 0.29) is 23.3 Å². The third-order valence-electron chi connectivity index (χ3n) is 4.22. The van der Waals surface area contributed by atoms with E-state index in [0.29, 0.717) is 12.8 Å². The number of carboxylic acids is 1. The molecule has 1 heterocycles. The molecule has 2 aliphatic rings. The van der Waals surface area contributed by atoms with Gasteiger partial charge in [-0.25, -0.2) is 0 Å². The van der Waals surface area contributed by atoms with Crippen LogP contribution in [0.15, 0.2) is 0 Å². The lowest BCUT2D eigenvalue weighted by Crippen LogP contribution is -2.45. The van der Waals surface area contributed by atoms with Crippen LogP contribution in [0.5, 0.6) is 0 Å². The Labute approximate surface area is 113 Å². The summed E-state index contributed by atoms with van der Waals surface area (Å²) in [6.45, 7) is 6.31. The Balaban J connectivity index is 2.09. The monoisotopic (exact) mass is 269 g/mol.